The Morgan fingerprint density at radius 1 is 1.04 bits per heavy atom. The van der Waals surface area contributed by atoms with Crippen molar-refractivity contribution in [2.24, 2.45) is 5.73 Å². The zero-order valence-corrected chi connectivity index (χ0v) is 13.9. The first-order chi connectivity index (χ1) is 12.2. The minimum Gasteiger partial charge on any atom is -0.493 e. The van der Waals surface area contributed by atoms with Crippen LogP contribution in [-0.2, 0) is 13.0 Å². The number of hydrogen-bond acceptors (Lipinski definition) is 4. The first-order valence-electron chi connectivity index (χ1n) is 8.00. The lowest BCUT2D eigenvalue weighted by Gasteiger charge is -2.17. The fourth-order valence-electron chi connectivity index (χ4n) is 2.65. The summed E-state index contributed by atoms with van der Waals surface area (Å²) in [6.45, 7) is 0.107. The van der Waals surface area contributed by atoms with Gasteiger partial charge < -0.3 is 19.6 Å². The molecule has 4 nitrogen and oxygen atoms in total. The van der Waals surface area contributed by atoms with Crippen molar-refractivity contribution in [3.05, 3.63) is 83.6 Å². The second-order valence-corrected chi connectivity index (χ2v) is 5.65. The highest BCUT2D eigenvalue weighted by atomic mass is 19.1. The van der Waals surface area contributed by atoms with Gasteiger partial charge in [-0.1, -0.05) is 30.3 Å². The minimum atomic E-state index is -0.307. The van der Waals surface area contributed by atoms with E-state index in [2.05, 4.69) is 0 Å². The summed E-state index contributed by atoms with van der Waals surface area (Å²) in [5.41, 5.74) is 7.57. The van der Waals surface area contributed by atoms with E-state index in [9.17, 15) is 4.39 Å². The van der Waals surface area contributed by atoms with Crippen LogP contribution in [0.5, 0.6) is 11.5 Å². The Balaban J connectivity index is 1.82. The molecule has 1 unspecified atom stereocenters. The fourth-order valence-corrected chi connectivity index (χ4v) is 2.65. The third kappa shape index (κ3) is 4.00. The smallest absolute Gasteiger partial charge is 0.164 e. The van der Waals surface area contributed by atoms with Gasteiger partial charge in [-0.25, -0.2) is 4.39 Å². The van der Waals surface area contributed by atoms with E-state index in [-0.39, 0.29) is 18.5 Å². The molecule has 0 spiro atoms. The number of methoxy groups -OCH3 is 1. The van der Waals surface area contributed by atoms with Crippen LogP contribution in [0.25, 0.3) is 0 Å². The summed E-state index contributed by atoms with van der Waals surface area (Å²) in [6.07, 6.45) is 2.10. The average Bonchev–Trinajstić information content (AvgIpc) is 3.16. The third-order valence-corrected chi connectivity index (χ3v) is 3.96. The van der Waals surface area contributed by atoms with E-state index in [0.717, 1.165) is 5.56 Å². The number of para-hydroxylation sites is 1. The molecule has 0 radical (unpaired) electrons. The molecule has 0 fully saturated rings. The van der Waals surface area contributed by atoms with Crippen LogP contribution in [-0.4, -0.2) is 7.11 Å². The molecule has 2 aromatic carbocycles. The molecule has 130 valence electrons. The normalized spacial score (nSPS) is 12.0. The highest BCUT2D eigenvalue weighted by Crippen LogP contribution is 2.34. The predicted molar refractivity (Wildman–Crippen MR) is 93.1 cm³/mol. The largest absolute Gasteiger partial charge is 0.493 e. The van der Waals surface area contributed by atoms with Crippen molar-refractivity contribution < 1.29 is 18.3 Å². The van der Waals surface area contributed by atoms with Crippen LogP contribution < -0.4 is 15.2 Å². The highest BCUT2D eigenvalue weighted by Gasteiger charge is 2.17. The second-order valence-electron chi connectivity index (χ2n) is 5.65. The maximum atomic E-state index is 13.8. The molecule has 3 rings (SSSR count). The highest BCUT2D eigenvalue weighted by molar-refractivity contribution is 5.47. The molecule has 25 heavy (non-hydrogen) atoms. The van der Waals surface area contributed by atoms with Crippen LogP contribution in [0.1, 0.15) is 22.9 Å². The lowest BCUT2D eigenvalue weighted by atomic mass is 10.0. The Morgan fingerprint density at radius 2 is 1.84 bits per heavy atom. The molecule has 5 heteroatoms. The molecule has 2 N–H and O–H groups in total. The van der Waals surface area contributed by atoms with Gasteiger partial charge in [0, 0.05) is 11.1 Å². The van der Waals surface area contributed by atoms with E-state index in [1.165, 1.54) is 6.07 Å². The molecule has 0 saturated heterocycles. The molecule has 0 aliphatic carbocycles. The maximum absolute atomic E-state index is 13.8. The number of rotatable bonds is 7. The second kappa shape index (κ2) is 7.85. The Kier molecular flexibility index (Phi) is 5.36. The van der Waals surface area contributed by atoms with Crippen molar-refractivity contribution in [3.8, 4) is 11.5 Å². The predicted octanol–water partition coefficient (Wildman–Crippen LogP) is 4.25. The first-order valence-corrected chi connectivity index (χ1v) is 8.00. The van der Waals surface area contributed by atoms with Crippen molar-refractivity contribution in [2.45, 2.75) is 19.1 Å². The maximum Gasteiger partial charge on any atom is 0.164 e. The molecule has 1 atom stereocenters. The lowest BCUT2D eigenvalue weighted by Crippen LogP contribution is -2.13. The number of ether oxygens (including phenoxy) is 2. The molecule has 1 heterocycles. The van der Waals surface area contributed by atoms with Gasteiger partial charge in [0.2, 0.25) is 0 Å². The van der Waals surface area contributed by atoms with Crippen molar-refractivity contribution >= 4 is 0 Å². The van der Waals surface area contributed by atoms with Crippen LogP contribution >= 0.6 is 0 Å². The lowest BCUT2D eigenvalue weighted by molar-refractivity contribution is 0.276. The van der Waals surface area contributed by atoms with Crippen molar-refractivity contribution in [1.29, 1.82) is 0 Å². The summed E-state index contributed by atoms with van der Waals surface area (Å²) in [5.74, 6) is 1.55. The Bertz CT molecular complexity index is 818. The van der Waals surface area contributed by atoms with Gasteiger partial charge in [0.25, 0.3) is 0 Å². The number of nitrogens with two attached hydrogens (primary N) is 1. The molecule has 3 aromatic rings. The fraction of sp³-hybridized carbons (Fsp3) is 0.200. The molecular formula is C20H20FNO3. The average molecular weight is 341 g/mol. The Labute approximate surface area is 146 Å². The topological polar surface area (TPSA) is 57.6 Å². The summed E-state index contributed by atoms with van der Waals surface area (Å²) in [5, 5.41) is 0. The summed E-state index contributed by atoms with van der Waals surface area (Å²) >= 11 is 0. The van der Waals surface area contributed by atoms with Crippen LogP contribution in [0.3, 0.4) is 0 Å². The zero-order valence-electron chi connectivity index (χ0n) is 13.9. The number of halogens is 1. The zero-order chi connectivity index (χ0) is 17.6. The van der Waals surface area contributed by atoms with Gasteiger partial charge in [-0.3, -0.25) is 0 Å². The van der Waals surface area contributed by atoms with Crippen molar-refractivity contribution in [1.82, 2.24) is 0 Å². The van der Waals surface area contributed by atoms with Gasteiger partial charge in [-0.05, 0) is 30.7 Å². The van der Waals surface area contributed by atoms with Gasteiger partial charge in [-0.15, -0.1) is 0 Å². The number of hydrogen-bond donors (Lipinski definition) is 1. The summed E-state index contributed by atoms with van der Waals surface area (Å²) in [4.78, 5) is 0. The van der Waals surface area contributed by atoms with Crippen LogP contribution in [0.2, 0.25) is 0 Å². The van der Waals surface area contributed by atoms with Crippen LogP contribution in [0.15, 0.2) is 65.3 Å². The summed E-state index contributed by atoms with van der Waals surface area (Å²) < 4.78 is 30.5. The van der Waals surface area contributed by atoms with E-state index >= 15 is 0 Å². The summed E-state index contributed by atoms with van der Waals surface area (Å²) in [7, 11) is 1.57. The van der Waals surface area contributed by atoms with E-state index in [1.807, 2.05) is 18.2 Å². The first kappa shape index (κ1) is 17.0. The van der Waals surface area contributed by atoms with Crippen LogP contribution in [0.4, 0.5) is 4.39 Å². The number of furan rings is 1. The van der Waals surface area contributed by atoms with Crippen molar-refractivity contribution in [2.75, 3.05) is 7.11 Å². The van der Waals surface area contributed by atoms with Gasteiger partial charge >= 0.3 is 0 Å². The van der Waals surface area contributed by atoms with E-state index in [4.69, 9.17) is 19.6 Å². The molecule has 0 amide bonds. The van der Waals surface area contributed by atoms with Gasteiger partial charge in [0.1, 0.15) is 18.2 Å². The minimum absolute atomic E-state index is 0.107. The molecule has 0 aliphatic rings. The molecule has 0 aliphatic heterocycles. The van der Waals surface area contributed by atoms with Gasteiger partial charge in [0.15, 0.2) is 11.5 Å². The molecular weight excluding hydrogens is 321 g/mol. The number of benzene rings is 2. The monoisotopic (exact) mass is 341 g/mol. The Hall–Kier alpha value is -2.79. The van der Waals surface area contributed by atoms with Crippen LogP contribution in [0, 0.1) is 5.82 Å². The van der Waals surface area contributed by atoms with E-state index in [1.54, 1.807) is 43.7 Å². The molecule has 0 saturated carbocycles. The standard InChI is InChI=1S/C20H20FNO3/c1-23-19-9-4-7-14(12-17(22)18-10-5-11-24-18)20(19)25-13-15-6-2-3-8-16(15)21/h2-11,17H,12-13,22H2,1H3. The van der Waals surface area contributed by atoms with E-state index in [0.29, 0.717) is 29.2 Å². The van der Waals surface area contributed by atoms with Gasteiger partial charge in [0.05, 0.1) is 19.4 Å². The quantitative estimate of drug-likeness (QED) is 0.698. The van der Waals surface area contributed by atoms with Crippen molar-refractivity contribution in [3.63, 3.8) is 0 Å². The Morgan fingerprint density at radius 3 is 2.56 bits per heavy atom. The SMILES string of the molecule is COc1cccc(CC(N)c2ccco2)c1OCc1ccccc1F. The summed E-state index contributed by atoms with van der Waals surface area (Å²) in [6, 6.07) is 15.5. The molecule has 0 bridgehead atoms. The van der Waals surface area contributed by atoms with Gasteiger partial charge in [-0.2, -0.15) is 0 Å². The van der Waals surface area contributed by atoms with E-state index < -0.39 is 0 Å². The molecule has 1 aromatic heterocycles. The third-order valence-electron chi connectivity index (χ3n) is 3.96.